The van der Waals surface area contributed by atoms with E-state index in [2.05, 4.69) is 9.73 Å². The van der Waals surface area contributed by atoms with Crippen molar-refractivity contribution in [3.63, 3.8) is 0 Å². The third-order valence-corrected chi connectivity index (χ3v) is 6.93. The number of ether oxygens (including phenoxy) is 3. The van der Waals surface area contributed by atoms with Gasteiger partial charge in [0.1, 0.15) is 0 Å². The maximum atomic E-state index is 13.7. The number of aromatic nitrogens is 1. The molecule has 0 N–H and O–H groups in total. The molecule has 0 bridgehead atoms. The Kier molecular flexibility index (Phi) is 7.96. The lowest BCUT2D eigenvalue weighted by Gasteiger charge is -2.25. The van der Waals surface area contributed by atoms with Crippen LogP contribution in [-0.4, -0.2) is 45.0 Å². The number of methoxy groups -OCH3 is 1. The van der Waals surface area contributed by atoms with Crippen LogP contribution < -0.4 is 29.3 Å². The van der Waals surface area contributed by atoms with Crippen LogP contribution in [0, 0.1) is 0 Å². The van der Waals surface area contributed by atoms with Gasteiger partial charge in [-0.1, -0.05) is 29.5 Å². The van der Waals surface area contributed by atoms with E-state index >= 15 is 0 Å². The van der Waals surface area contributed by atoms with Gasteiger partial charge in [-0.2, -0.15) is 8.78 Å². The summed E-state index contributed by atoms with van der Waals surface area (Å²) in [7, 11) is 5.19. The predicted molar refractivity (Wildman–Crippen MR) is 141 cm³/mol. The van der Waals surface area contributed by atoms with Crippen LogP contribution in [0.1, 0.15) is 31.0 Å². The van der Waals surface area contributed by atoms with E-state index in [-0.39, 0.29) is 23.7 Å². The molecule has 0 amide bonds. The van der Waals surface area contributed by atoms with Gasteiger partial charge in [-0.3, -0.25) is 9.36 Å². The number of anilines is 1. The minimum Gasteiger partial charge on any atom is -0.493 e. The second-order valence-electron chi connectivity index (χ2n) is 8.58. The van der Waals surface area contributed by atoms with E-state index in [1.54, 1.807) is 26.0 Å². The molecular weight excluding hydrogens is 516 g/mol. The van der Waals surface area contributed by atoms with Gasteiger partial charge in [-0.15, -0.1) is 0 Å². The van der Waals surface area contributed by atoms with Crippen molar-refractivity contribution in [3.05, 3.63) is 84.5 Å². The highest BCUT2D eigenvalue weighted by atomic mass is 32.1. The molecule has 0 spiro atoms. The zero-order valence-electron chi connectivity index (χ0n) is 21.5. The van der Waals surface area contributed by atoms with Gasteiger partial charge in [0, 0.05) is 19.8 Å². The van der Waals surface area contributed by atoms with Crippen molar-refractivity contribution in [3.8, 4) is 11.5 Å². The van der Waals surface area contributed by atoms with Crippen LogP contribution in [0.3, 0.4) is 0 Å². The number of fused-ring (bicyclic) bond motifs is 1. The Hall–Kier alpha value is -3.99. The second-order valence-corrected chi connectivity index (χ2v) is 9.59. The molecule has 1 atom stereocenters. The van der Waals surface area contributed by atoms with Crippen molar-refractivity contribution in [2.45, 2.75) is 26.5 Å². The fourth-order valence-corrected chi connectivity index (χ4v) is 5.23. The largest absolute Gasteiger partial charge is 0.493 e. The van der Waals surface area contributed by atoms with Crippen molar-refractivity contribution in [1.29, 1.82) is 0 Å². The van der Waals surface area contributed by atoms with E-state index < -0.39 is 18.6 Å². The van der Waals surface area contributed by atoms with Crippen LogP contribution in [-0.2, 0) is 9.53 Å². The molecule has 8 nitrogen and oxygen atoms in total. The number of esters is 1. The molecule has 0 aliphatic carbocycles. The number of thiazole rings is 1. The molecule has 0 saturated heterocycles. The number of hydrogen-bond acceptors (Lipinski definition) is 8. The van der Waals surface area contributed by atoms with Crippen molar-refractivity contribution in [1.82, 2.24) is 4.57 Å². The van der Waals surface area contributed by atoms with Gasteiger partial charge < -0.3 is 19.1 Å². The third-order valence-electron chi connectivity index (χ3n) is 5.94. The molecule has 2 aromatic carbocycles. The number of rotatable bonds is 8. The quantitative estimate of drug-likeness (QED) is 0.405. The fraction of sp³-hybridized carbons (Fsp3) is 0.296. The first-order chi connectivity index (χ1) is 18.1. The van der Waals surface area contributed by atoms with Gasteiger partial charge in [0.2, 0.25) is 0 Å². The SMILES string of the molecule is CCOC(=O)C1=C(C)N=c2s/c(=C/c3ccc(OC(F)F)c(OC)c3)c(=O)n2[C@H]1c1ccc(N(C)C)cc1. The van der Waals surface area contributed by atoms with Crippen molar-refractivity contribution in [2.24, 2.45) is 4.99 Å². The standard InChI is InChI=1S/C27H27F2N3O5S/c1-6-36-25(34)22-15(2)30-27-32(23(22)17-8-10-18(11-9-17)31(3)4)24(33)21(38-27)14-16-7-12-19(37-26(28)29)20(13-16)35-5/h7-14,23,26H,6H2,1-5H3/b21-14+/t23-/m0/s1. The summed E-state index contributed by atoms with van der Waals surface area (Å²) in [6.07, 6.45) is 1.62. The molecule has 1 aliphatic heterocycles. The Morgan fingerprint density at radius 3 is 2.50 bits per heavy atom. The van der Waals surface area contributed by atoms with E-state index in [0.29, 0.717) is 26.2 Å². The zero-order chi connectivity index (χ0) is 27.6. The number of hydrogen-bond donors (Lipinski definition) is 0. The zero-order valence-corrected chi connectivity index (χ0v) is 22.3. The van der Waals surface area contributed by atoms with Crippen LogP contribution in [0.4, 0.5) is 14.5 Å². The Morgan fingerprint density at radius 2 is 1.89 bits per heavy atom. The summed E-state index contributed by atoms with van der Waals surface area (Å²) in [5.74, 6) is -0.549. The highest BCUT2D eigenvalue weighted by molar-refractivity contribution is 7.07. The van der Waals surface area contributed by atoms with E-state index in [9.17, 15) is 18.4 Å². The highest BCUT2D eigenvalue weighted by Gasteiger charge is 2.33. The van der Waals surface area contributed by atoms with Gasteiger partial charge >= 0.3 is 12.6 Å². The first-order valence-corrected chi connectivity index (χ1v) is 12.6. The first kappa shape index (κ1) is 27.1. The molecule has 0 unspecified atom stereocenters. The Bertz CT molecular complexity index is 1560. The molecule has 0 saturated carbocycles. The maximum Gasteiger partial charge on any atom is 0.387 e. The Labute approximate surface area is 221 Å². The van der Waals surface area contributed by atoms with Gasteiger partial charge in [0.15, 0.2) is 16.3 Å². The molecule has 4 rings (SSSR count). The van der Waals surface area contributed by atoms with E-state index in [0.717, 1.165) is 22.6 Å². The van der Waals surface area contributed by atoms with Crippen LogP contribution in [0.2, 0.25) is 0 Å². The molecule has 2 heterocycles. The monoisotopic (exact) mass is 543 g/mol. The minimum absolute atomic E-state index is 0.103. The van der Waals surface area contributed by atoms with E-state index in [4.69, 9.17) is 9.47 Å². The number of carbonyl (C=O) groups excluding carboxylic acids is 1. The normalized spacial score (nSPS) is 15.3. The van der Waals surface area contributed by atoms with Crippen molar-refractivity contribution >= 4 is 29.1 Å². The van der Waals surface area contributed by atoms with Gasteiger partial charge in [0.05, 0.1) is 35.6 Å². The van der Waals surface area contributed by atoms with Gasteiger partial charge in [-0.25, -0.2) is 9.79 Å². The maximum absolute atomic E-state index is 13.7. The first-order valence-electron chi connectivity index (χ1n) is 11.7. The summed E-state index contributed by atoms with van der Waals surface area (Å²) in [4.78, 5) is 33.7. The van der Waals surface area contributed by atoms with Crippen LogP contribution in [0.15, 0.2) is 63.5 Å². The Balaban J connectivity index is 1.87. The van der Waals surface area contributed by atoms with Crippen molar-refractivity contribution < 1.29 is 27.8 Å². The molecule has 38 heavy (non-hydrogen) atoms. The molecule has 3 aromatic rings. The smallest absolute Gasteiger partial charge is 0.387 e. The number of halogens is 2. The number of benzene rings is 2. The summed E-state index contributed by atoms with van der Waals surface area (Å²) in [5.41, 5.74) is 2.65. The Morgan fingerprint density at radius 1 is 1.18 bits per heavy atom. The lowest BCUT2D eigenvalue weighted by molar-refractivity contribution is -0.139. The van der Waals surface area contributed by atoms with Gasteiger partial charge in [0.25, 0.3) is 5.56 Å². The van der Waals surface area contributed by atoms with Crippen LogP contribution >= 0.6 is 11.3 Å². The van der Waals surface area contributed by atoms with Crippen molar-refractivity contribution in [2.75, 3.05) is 32.7 Å². The molecule has 1 aliphatic rings. The van der Waals surface area contributed by atoms with Gasteiger partial charge in [-0.05, 0) is 55.3 Å². The minimum atomic E-state index is -3.00. The fourth-order valence-electron chi connectivity index (χ4n) is 4.18. The lowest BCUT2D eigenvalue weighted by atomic mass is 9.95. The van der Waals surface area contributed by atoms with Crippen LogP contribution in [0.25, 0.3) is 6.08 Å². The predicted octanol–water partition coefficient (Wildman–Crippen LogP) is 3.47. The molecule has 0 radical (unpaired) electrons. The molecule has 0 fully saturated rings. The summed E-state index contributed by atoms with van der Waals surface area (Å²) in [5, 5.41) is 0. The number of nitrogens with zero attached hydrogens (tertiary/aromatic N) is 3. The number of carbonyl (C=O) groups is 1. The average molecular weight is 544 g/mol. The number of alkyl halides is 2. The molecular formula is C27H27F2N3O5S. The summed E-state index contributed by atoms with van der Waals surface area (Å²) < 4.78 is 42.2. The summed E-state index contributed by atoms with van der Waals surface area (Å²) in [6.45, 7) is 0.619. The topological polar surface area (TPSA) is 82.4 Å². The summed E-state index contributed by atoms with van der Waals surface area (Å²) >= 11 is 1.16. The van der Waals surface area contributed by atoms with E-state index in [1.807, 2.05) is 43.3 Å². The third kappa shape index (κ3) is 5.33. The number of allylic oxidation sites excluding steroid dienone is 1. The molecule has 1 aromatic heterocycles. The second kappa shape index (κ2) is 11.2. The van der Waals surface area contributed by atoms with Crippen LogP contribution in [0.5, 0.6) is 11.5 Å². The summed E-state index contributed by atoms with van der Waals surface area (Å²) in [6, 6.07) is 11.3. The lowest BCUT2D eigenvalue weighted by Crippen LogP contribution is -2.39. The average Bonchev–Trinajstić information content (AvgIpc) is 3.18. The molecule has 11 heteroatoms. The highest BCUT2D eigenvalue weighted by Crippen LogP contribution is 2.32. The van der Waals surface area contributed by atoms with E-state index in [1.165, 1.54) is 23.8 Å². The molecule has 200 valence electrons.